The second-order valence-corrected chi connectivity index (χ2v) is 6.17. The maximum Gasteiger partial charge on any atom is 0.218 e. The molecule has 1 fully saturated rings. The normalized spacial score (nSPS) is 21.2. The lowest BCUT2D eigenvalue weighted by molar-refractivity contribution is -0.00483. The summed E-state index contributed by atoms with van der Waals surface area (Å²) in [6, 6.07) is 12.0. The van der Waals surface area contributed by atoms with E-state index in [9.17, 15) is 0 Å². The Bertz CT molecular complexity index is 635. The number of ether oxygens (including phenoxy) is 2. The standard InChI is InChI=1S/C18H23N3O2/c1-18(22-2)9-6-10-21(13-18)16-11-17(20-14-19-16)23-12-15-7-4-3-5-8-15/h3-5,7-8,11,14H,6,9-10,12-13H2,1-2H3. The Morgan fingerprint density at radius 1 is 1.22 bits per heavy atom. The molecule has 0 aliphatic carbocycles. The molecule has 0 bridgehead atoms. The van der Waals surface area contributed by atoms with E-state index in [4.69, 9.17) is 9.47 Å². The Balaban J connectivity index is 1.67. The number of rotatable bonds is 5. The van der Waals surface area contributed by atoms with Crippen LogP contribution < -0.4 is 9.64 Å². The first-order chi connectivity index (χ1) is 11.2. The van der Waals surface area contributed by atoms with Crippen molar-refractivity contribution in [2.45, 2.75) is 32.0 Å². The molecule has 3 rings (SSSR count). The van der Waals surface area contributed by atoms with E-state index < -0.39 is 0 Å². The molecule has 1 atom stereocenters. The topological polar surface area (TPSA) is 47.5 Å². The number of aromatic nitrogens is 2. The fourth-order valence-electron chi connectivity index (χ4n) is 2.88. The van der Waals surface area contributed by atoms with Gasteiger partial charge in [0.2, 0.25) is 5.88 Å². The second kappa shape index (κ2) is 6.96. The van der Waals surface area contributed by atoms with Gasteiger partial charge in [0.1, 0.15) is 18.8 Å². The smallest absolute Gasteiger partial charge is 0.218 e. The van der Waals surface area contributed by atoms with E-state index in [1.54, 1.807) is 13.4 Å². The minimum atomic E-state index is -0.117. The molecule has 5 nitrogen and oxygen atoms in total. The van der Waals surface area contributed by atoms with Gasteiger partial charge in [0.25, 0.3) is 0 Å². The molecular weight excluding hydrogens is 290 g/mol. The molecule has 1 aromatic carbocycles. The lowest BCUT2D eigenvalue weighted by Gasteiger charge is -2.40. The molecule has 0 radical (unpaired) electrons. The highest BCUT2D eigenvalue weighted by Gasteiger charge is 2.31. The number of hydrogen-bond acceptors (Lipinski definition) is 5. The molecule has 1 aliphatic rings. The monoisotopic (exact) mass is 313 g/mol. The van der Waals surface area contributed by atoms with Crippen LogP contribution in [0.4, 0.5) is 5.82 Å². The van der Waals surface area contributed by atoms with Gasteiger partial charge in [-0.25, -0.2) is 9.97 Å². The average molecular weight is 313 g/mol. The summed E-state index contributed by atoms with van der Waals surface area (Å²) in [6.45, 7) is 4.47. The van der Waals surface area contributed by atoms with E-state index >= 15 is 0 Å². The Morgan fingerprint density at radius 3 is 2.83 bits per heavy atom. The van der Waals surface area contributed by atoms with Crippen molar-refractivity contribution in [2.75, 3.05) is 25.1 Å². The van der Waals surface area contributed by atoms with Crippen molar-refractivity contribution in [3.8, 4) is 5.88 Å². The Labute approximate surface area is 137 Å². The van der Waals surface area contributed by atoms with Crippen molar-refractivity contribution in [1.82, 2.24) is 9.97 Å². The van der Waals surface area contributed by atoms with Crippen LogP contribution in [0, 0.1) is 0 Å². The van der Waals surface area contributed by atoms with E-state index in [2.05, 4.69) is 21.8 Å². The van der Waals surface area contributed by atoms with Crippen LogP contribution in [0.2, 0.25) is 0 Å². The number of nitrogens with zero attached hydrogens (tertiary/aromatic N) is 3. The molecule has 0 amide bonds. The van der Waals surface area contributed by atoms with Crippen LogP contribution in [0.25, 0.3) is 0 Å². The van der Waals surface area contributed by atoms with E-state index in [0.29, 0.717) is 12.5 Å². The first kappa shape index (κ1) is 15.7. The van der Waals surface area contributed by atoms with Gasteiger partial charge < -0.3 is 14.4 Å². The average Bonchev–Trinajstić information content (AvgIpc) is 2.61. The summed E-state index contributed by atoms with van der Waals surface area (Å²) in [6.07, 6.45) is 3.73. The van der Waals surface area contributed by atoms with Crippen LogP contribution >= 0.6 is 0 Å². The number of methoxy groups -OCH3 is 1. The van der Waals surface area contributed by atoms with E-state index in [0.717, 1.165) is 37.3 Å². The van der Waals surface area contributed by atoms with Crippen LogP contribution in [-0.4, -0.2) is 35.8 Å². The predicted molar refractivity (Wildman–Crippen MR) is 89.7 cm³/mol. The third kappa shape index (κ3) is 3.99. The summed E-state index contributed by atoms with van der Waals surface area (Å²) < 4.78 is 11.4. The second-order valence-electron chi connectivity index (χ2n) is 6.17. The SMILES string of the molecule is COC1(C)CCCN(c2cc(OCc3ccccc3)ncn2)C1. The molecule has 122 valence electrons. The highest BCUT2D eigenvalue weighted by atomic mass is 16.5. The number of piperidine rings is 1. The Kier molecular flexibility index (Phi) is 4.76. The van der Waals surface area contributed by atoms with Gasteiger partial charge in [-0.2, -0.15) is 0 Å². The first-order valence-electron chi connectivity index (χ1n) is 7.97. The fraction of sp³-hybridized carbons (Fsp3) is 0.444. The summed E-state index contributed by atoms with van der Waals surface area (Å²) >= 11 is 0. The summed E-state index contributed by atoms with van der Waals surface area (Å²) in [5.74, 6) is 1.49. The molecule has 0 saturated carbocycles. The zero-order chi connectivity index (χ0) is 16.1. The summed E-state index contributed by atoms with van der Waals surface area (Å²) in [7, 11) is 1.78. The van der Waals surface area contributed by atoms with E-state index in [-0.39, 0.29) is 5.60 Å². The summed E-state index contributed by atoms with van der Waals surface area (Å²) in [5.41, 5.74) is 1.01. The molecule has 1 saturated heterocycles. The molecule has 5 heteroatoms. The molecule has 1 aliphatic heterocycles. The molecule has 23 heavy (non-hydrogen) atoms. The largest absolute Gasteiger partial charge is 0.473 e. The number of anilines is 1. The Hall–Kier alpha value is -2.14. The van der Waals surface area contributed by atoms with Crippen LogP contribution in [0.3, 0.4) is 0 Å². The van der Waals surface area contributed by atoms with Crippen molar-refractivity contribution in [1.29, 1.82) is 0 Å². The van der Waals surface area contributed by atoms with E-state index in [1.165, 1.54) is 0 Å². The van der Waals surface area contributed by atoms with Crippen molar-refractivity contribution in [3.63, 3.8) is 0 Å². The maximum absolute atomic E-state index is 5.79. The van der Waals surface area contributed by atoms with Crippen molar-refractivity contribution >= 4 is 5.82 Å². The molecule has 2 aromatic rings. The van der Waals surface area contributed by atoms with Crippen molar-refractivity contribution in [3.05, 3.63) is 48.3 Å². The molecule has 0 spiro atoms. The third-order valence-electron chi connectivity index (χ3n) is 4.33. The minimum Gasteiger partial charge on any atom is -0.473 e. The van der Waals surface area contributed by atoms with Gasteiger partial charge in [-0.3, -0.25) is 0 Å². The van der Waals surface area contributed by atoms with Crippen molar-refractivity contribution in [2.24, 2.45) is 0 Å². The quantitative estimate of drug-likeness (QED) is 0.849. The number of hydrogen-bond donors (Lipinski definition) is 0. The van der Waals surface area contributed by atoms with Crippen LogP contribution in [0.5, 0.6) is 5.88 Å². The van der Waals surface area contributed by atoms with Gasteiger partial charge in [0.05, 0.1) is 5.60 Å². The van der Waals surface area contributed by atoms with Gasteiger partial charge in [-0.05, 0) is 25.3 Å². The van der Waals surface area contributed by atoms with Crippen LogP contribution in [-0.2, 0) is 11.3 Å². The number of benzene rings is 1. The van der Waals surface area contributed by atoms with Crippen LogP contribution in [0.15, 0.2) is 42.7 Å². The third-order valence-corrected chi connectivity index (χ3v) is 4.33. The minimum absolute atomic E-state index is 0.117. The zero-order valence-electron chi connectivity index (χ0n) is 13.7. The van der Waals surface area contributed by atoms with Crippen LogP contribution in [0.1, 0.15) is 25.3 Å². The molecule has 1 unspecified atom stereocenters. The Morgan fingerprint density at radius 2 is 2.04 bits per heavy atom. The highest BCUT2D eigenvalue weighted by molar-refractivity contribution is 5.42. The van der Waals surface area contributed by atoms with Gasteiger partial charge in [-0.15, -0.1) is 0 Å². The zero-order valence-corrected chi connectivity index (χ0v) is 13.7. The molecule has 0 N–H and O–H groups in total. The summed E-state index contributed by atoms with van der Waals surface area (Å²) in [4.78, 5) is 10.9. The predicted octanol–water partition coefficient (Wildman–Crippen LogP) is 3.06. The molecule has 2 heterocycles. The lowest BCUT2D eigenvalue weighted by Crippen LogP contribution is -2.47. The molecular formula is C18H23N3O2. The van der Waals surface area contributed by atoms with E-state index in [1.807, 2.05) is 36.4 Å². The lowest BCUT2D eigenvalue weighted by atomic mass is 9.95. The maximum atomic E-state index is 5.79. The highest BCUT2D eigenvalue weighted by Crippen LogP contribution is 2.28. The van der Waals surface area contributed by atoms with Gasteiger partial charge >= 0.3 is 0 Å². The first-order valence-corrected chi connectivity index (χ1v) is 7.97. The molecule has 1 aromatic heterocycles. The summed E-state index contributed by atoms with van der Waals surface area (Å²) in [5, 5.41) is 0. The van der Waals surface area contributed by atoms with Crippen molar-refractivity contribution < 1.29 is 9.47 Å². The van der Waals surface area contributed by atoms with Gasteiger partial charge in [-0.1, -0.05) is 30.3 Å². The van der Waals surface area contributed by atoms with Gasteiger partial charge in [0.15, 0.2) is 0 Å². The van der Waals surface area contributed by atoms with Gasteiger partial charge in [0, 0.05) is 26.3 Å². The fourth-order valence-corrected chi connectivity index (χ4v) is 2.88.